The summed E-state index contributed by atoms with van der Waals surface area (Å²) >= 11 is 6.11. The maximum atomic E-state index is 11.8. The lowest BCUT2D eigenvalue weighted by Gasteiger charge is -2.14. The quantitative estimate of drug-likeness (QED) is 0.313. The first-order chi connectivity index (χ1) is 14.1. The second-order valence-corrected chi connectivity index (χ2v) is 7.01. The Morgan fingerprint density at radius 3 is 2.76 bits per heavy atom. The lowest BCUT2D eigenvalue weighted by Crippen LogP contribution is -2.08. The van der Waals surface area contributed by atoms with Crippen LogP contribution in [0, 0.1) is 0 Å². The molecule has 0 amide bonds. The number of ether oxygens (including phenoxy) is 2. The molecule has 3 aromatic rings. The molecule has 0 saturated heterocycles. The molecule has 3 rings (SSSR count). The van der Waals surface area contributed by atoms with Crippen molar-refractivity contribution in [2.45, 2.75) is 32.7 Å². The maximum absolute atomic E-state index is 11.8. The van der Waals surface area contributed by atoms with Crippen molar-refractivity contribution in [3.8, 4) is 5.75 Å². The first-order valence-electron chi connectivity index (χ1n) is 9.58. The number of halogens is 1. The number of aromatic nitrogens is 3. The van der Waals surface area contributed by atoms with E-state index in [-0.39, 0.29) is 5.28 Å². The third kappa shape index (κ3) is 4.79. The van der Waals surface area contributed by atoms with Crippen LogP contribution in [0.15, 0.2) is 30.5 Å². The van der Waals surface area contributed by atoms with E-state index in [1.165, 1.54) is 7.11 Å². The third-order valence-electron chi connectivity index (χ3n) is 4.70. The van der Waals surface area contributed by atoms with Gasteiger partial charge in [0, 0.05) is 18.3 Å². The Morgan fingerprint density at radius 1 is 1.21 bits per heavy atom. The summed E-state index contributed by atoms with van der Waals surface area (Å²) in [7, 11) is 2.94. The zero-order chi connectivity index (χ0) is 20.8. The fourth-order valence-electron chi connectivity index (χ4n) is 3.22. The number of anilines is 1. The van der Waals surface area contributed by atoms with Crippen molar-refractivity contribution in [3.05, 3.63) is 46.9 Å². The van der Waals surface area contributed by atoms with Gasteiger partial charge in [-0.2, -0.15) is 4.98 Å². The van der Waals surface area contributed by atoms with Crippen molar-refractivity contribution in [2.24, 2.45) is 0 Å². The monoisotopic (exact) mass is 416 g/mol. The van der Waals surface area contributed by atoms with Crippen LogP contribution in [-0.4, -0.2) is 41.3 Å². The average molecular weight is 417 g/mol. The van der Waals surface area contributed by atoms with Gasteiger partial charge in [0.25, 0.3) is 0 Å². The van der Waals surface area contributed by atoms with E-state index in [2.05, 4.69) is 22.2 Å². The molecule has 0 aliphatic heterocycles. The lowest BCUT2D eigenvalue weighted by molar-refractivity contribution is 0.0600. The van der Waals surface area contributed by atoms with E-state index in [1.807, 2.05) is 22.9 Å². The molecule has 0 radical (unpaired) electrons. The van der Waals surface area contributed by atoms with Gasteiger partial charge in [0.05, 0.1) is 31.8 Å². The van der Waals surface area contributed by atoms with Gasteiger partial charge in [0.2, 0.25) is 5.28 Å². The molecule has 2 aromatic heterocycles. The van der Waals surface area contributed by atoms with E-state index in [9.17, 15) is 4.79 Å². The van der Waals surface area contributed by atoms with Crippen molar-refractivity contribution in [3.63, 3.8) is 0 Å². The fourth-order valence-corrected chi connectivity index (χ4v) is 3.39. The normalized spacial score (nSPS) is 10.9. The first kappa shape index (κ1) is 20.9. The average Bonchev–Trinajstić information content (AvgIpc) is 3.13. The summed E-state index contributed by atoms with van der Waals surface area (Å²) < 4.78 is 12.3. The Bertz CT molecular complexity index is 1000. The summed E-state index contributed by atoms with van der Waals surface area (Å²) in [6.45, 7) is 3.52. The van der Waals surface area contributed by atoms with Crippen LogP contribution in [0.5, 0.6) is 5.75 Å². The highest BCUT2D eigenvalue weighted by atomic mass is 35.5. The molecular formula is C21H25ClN4O3. The molecule has 7 nitrogen and oxygen atoms in total. The highest BCUT2D eigenvalue weighted by Gasteiger charge is 2.15. The number of carbonyl (C=O) groups is 1. The number of methoxy groups -OCH3 is 2. The van der Waals surface area contributed by atoms with Crippen LogP contribution in [0.4, 0.5) is 5.82 Å². The van der Waals surface area contributed by atoms with E-state index in [4.69, 9.17) is 21.1 Å². The summed E-state index contributed by atoms with van der Waals surface area (Å²) in [5, 5.41) is 3.60. The van der Waals surface area contributed by atoms with E-state index in [0.717, 1.165) is 42.4 Å². The summed E-state index contributed by atoms with van der Waals surface area (Å²) in [4.78, 5) is 20.5. The van der Waals surface area contributed by atoms with E-state index >= 15 is 0 Å². The fraction of sp³-hybridized carbons (Fsp3) is 0.381. The van der Waals surface area contributed by atoms with Gasteiger partial charge < -0.3 is 19.4 Å². The Hall–Kier alpha value is -2.80. The molecule has 0 bridgehead atoms. The van der Waals surface area contributed by atoms with Crippen molar-refractivity contribution in [2.75, 3.05) is 26.1 Å². The van der Waals surface area contributed by atoms with E-state index in [0.29, 0.717) is 23.7 Å². The summed E-state index contributed by atoms with van der Waals surface area (Å²) in [6, 6.07) is 7.19. The van der Waals surface area contributed by atoms with Gasteiger partial charge in [-0.1, -0.05) is 25.8 Å². The van der Waals surface area contributed by atoms with Crippen molar-refractivity contribution < 1.29 is 14.3 Å². The SMILES string of the molecule is CCCCCNc1nc(Cl)nc2ccn(Cc3ccc(C(=O)OC)cc3OC)c12. The molecule has 8 heteroatoms. The van der Waals surface area contributed by atoms with Crippen LogP contribution in [0.25, 0.3) is 11.0 Å². The van der Waals surface area contributed by atoms with E-state index < -0.39 is 5.97 Å². The van der Waals surface area contributed by atoms with Gasteiger partial charge in [-0.3, -0.25) is 0 Å². The minimum atomic E-state index is -0.400. The predicted molar refractivity (Wildman–Crippen MR) is 114 cm³/mol. The number of carbonyl (C=O) groups excluding carboxylic acids is 1. The molecule has 1 N–H and O–H groups in total. The molecule has 0 unspecified atom stereocenters. The number of hydrogen-bond donors (Lipinski definition) is 1. The van der Waals surface area contributed by atoms with Gasteiger partial charge in [-0.05, 0) is 36.2 Å². The zero-order valence-corrected chi connectivity index (χ0v) is 17.6. The van der Waals surface area contributed by atoms with Gasteiger partial charge in [0.1, 0.15) is 11.3 Å². The largest absolute Gasteiger partial charge is 0.496 e. The molecule has 154 valence electrons. The van der Waals surface area contributed by atoms with Gasteiger partial charge >= 0.3 is 5.97 Å². The second-order valence-electron chi connectivity index (χ2n) is 6.67. The molecule has 0 atom stereocenters. The number of hydrogen-bond acceptors (Lipinski definition) is 6. The minimum Gasteiger partial charge on any atom is -0.496 e. The number of unbranched alkanes of at least 4 members (excludes halogenated alkanes) is 2. The molecule has 0 spiro atoms. The highest BCUT2D eigenvalue weighted by Crippen LogP contribution is 2.27. The molecule has 29 heavy (non-hydrogen) atoms. The summed E-state index contributed by atoms with van der Waals surface area (Å²) in [5.74, 6) is 0.927. The number of nitrogens with zero attached hydrogens (tertiary/aromatic N) is 3. The maximum Gasteiger partial charge on any atom is 0.337 e. The van der Waals surface area contributed by atoms with Crippen LogP contribution in [0.3, 0.4) is 0 Å². The van der Waals surface area contributed by atoms with Crippen molar-refractivity contribution >= 4 is 34.4 Å². The smallest absolute Gasteiger partial charge is 0.337 e. The highest BCUT2D eigenvalue weighted by molar-refractivity contribution is 6.28. The summed E-state index contributed by atoms with van der Waals surface area (Å²) in [6.07, 6.45) is 5.31. The van der Waals surface area contributed by atoms with Gasteiger partial charge in [0.15, 0.2) is 5.82 Å². The number of esters is 1. The van der Waals surface area contributed by atoms with Crippen LogP contribution >= 0.6 is 11.6 Å². The molecule has 0 aliphatic rings. The first-order valence-corrected chi connectivity index (χ1v) is 9.96. The Balaban J connectivity index is 1.93. The topological polar surface area (TPSA) is 78.3 Å². The molecule has 0 saturated carbocycles. The van der Waals surface area contributed by atoms with Gasteiger partial charge in [-0.15, -0.1) is 0 Å². The minimum absolute atomic E-state index is 0.216. The standard InChI is InChI=1S/C21H25ClN4O3/c1-4-5-6-10-23-19-18-16(24-21(22)25-19)9-11-26(18)13-15-8-7-14(20(27)29-3)12-17(15)28-2/h7-9,11-12H,4-6,10,13H2,1-3H3,(H,23,24,25). The predicted octanol–water partition coefficient (Wildman–Crippen LogP) is 4.53. The molecule has 1 aromatic carbocycles. The van der Waals surface area contributed by atoms with Crippen LogP contribution < -0.4 is 10.1 Å². The van der Waals surface area contributed by atoms with Crippen LogP contribution in [0.2, 0.25) is 5.28 Å². The number of nitrogens with one attached hydrogen (secondary N) is 1. The number of benzene rings is 1. The van der Waals surface area contributed by atoms with Crippen LogP contribution in [0.1, 0.15) is 42.1 Å². The van der Waals surface area contributed by atoms with Crippen LogP contribution in [-0.2, 0) is 11.3 Å². The number of rotatable bonds is 9. The zero-order valence-electron chi connectivity index (χ0n) is 16.9. The Labute approximate surface area is 175 Å². The molecular weight excluding hydrogens is 392 g/mol. The second kappa shape index (κ2) is 9.60. The third-order valence-corrected chi connectivity index (χ3v) is 4.87. The summed E-state index contributed by atoms with van der Waals surface area (Å²) in [5.41, 5.74) is 3.02. The number of fused-ring (bicyclic) bond motifs is 1. The Kier molecular flexibility index (Phi) is 6.93. The van der Waals surface area contributed by atoms with Crippen molar-refractivity contribution in [1.82, 2.24) is 14.5 Å². The van der Waals surface area contributed by atoms with Crippen molar-refractivity contribution in [1.29, 1.82) is 0 Å². The molecule has 0 fully saturated rings. The molecule has 2 heterocycles. The van der Waals surface area contributed by atoms with Gasteiger partial charge in [-0.25, -0.2) is 9.78 Å². The molecule has 0 aliphatic carbocycles. The van der Waals surface area contributed by atoms with E-state index in [1.54, 1.807) is 19.2 Å². The Morgan fingerprint density at radius 2 is 2.03 bits per heavy atom. The lowest BCUT2D eigenvalue weighted by atomic mass is 10.1.